The molecule has 0 spiro atoms. The van der Waals surface area contributed by atoms with Crippen LogP contribution in [0.15, 0.2) is 52.8 Å². The van der Waals surface area contributed by atoms with E-state index in [0.29, 0.717) is 11.3 Å². The van der Waals surface area contributed by atoms with Crippen LogP contribution in [0.4, 0.5) is 0 Å². The van der Waals surface area contributed by atoms with Crippen LogP contribution in [0.25, 0.3) is 11.1 Å². The number of nitroso groups, excluding NO2 is 2. The zero-order valence-corrected chi connectivity index (χ0v) is 15.6. The van der Waals surface area contributed by atoms with E-state index < -0.39 is 30.4 Å². The normalized spacial score (nSPS) is 23.9. The Morgan fingerprint density at radius 2 is 1.93 bits per heavy atom. The summed E-state index contributed by atoms with van der Waals surface area (Å²) in [5, 5.41) is 24.4. The summed E-state index contributed by atoms with van der Waals surface area (Å²) in [7, 11) is 0. The van der Waals surface area contributed by atoms with E-state index in [1.54, 1.807) is 43.3 Å². The zero-order valence-electron chi connectivity index (χ0n) is 15.6. The third-order valence-electron chi connectivity index (χ3n) is 4.83. The van der Waals surface area contributed by atoms with Crippen molar-refractivity contribution in [3.05, 3.63) is 63.4 Å². The molecule has 1 fully saturated rings. The number of aryl methyl sites for hydroxylation is 1. The van der Waals surface area contributed by atoms with Crippen molar-refractivity contribution in [2.45, 2.75) is 37.8 Å². The van der Waals surface area contributed by atoms with Gasteiger partial charge in [-0.1, -0.05) is 28.6 Å². The van der Waals surface area contributed by atoms with Gasteiger partial charge in [-0.2, -0.15) is 9.81 Å². The van der Waals surface area contributed by atoms with E-state index in [2.05, 4.69) is 10.4 Å². The minimum atomic E-state index is -1.15. The summed E-state index contributed by atoms with van der Waals surface area (Å²) in [5.74, 6) is -0.604. The van der Waals surface area contributed by atoms with Crippen LogP contribution in [0.1, 0.15) is 22.3 Å². The topological polar surface area (TPSA) is 135 Å². The number of carbonyl (C=O) groups is 1. The molecule has 1 saturated heterocycles. The molecule has 0 amide bonds. The lowest BCUT2D eigenvalue weighted by Gasteiger charge is -2.35. The molecular weight excluding hydrogens is 380 g/mol. The van der Waals surface area contributed by atoms with Gasteiger partial charge < -0.3 is 19.7 Å². The molecule has 152 valence electrons. The number of nitrogens with zero attached hydrogens (tertiary/aromatic N) is 2. The molecule has 3 rings (SSSR count). The first-order valence-electron chi connectivity index (χ1n) is 8.99. The van der Waals surface area contributed by atoms with Crippen LogP contribution >= 0.6 is 0 Å². The summed E-state index contributed by atoms with van der Waals surface area (Å²) >= 11 is 0. The zero-order chi connectivity index (χ0) is 21.0. The number of benzene rings is 2. The van der Waals surface area contributed by atoms with Crippen molar-refractivity contribution in [1.29, 1.82) is 0 Å². The fourth-order valence-electron chi connectivity index (χ4n) is 3.27. The molecule has 9 nitrogen and oxygen atoms in total. The first kappa shape index (κ1) is 20.6. The first-order valence-corrected chi connectivity index (χ1v) is 8.99. The van der Waals surface area contributed by atoms with Crippen molar-refractivity contribution in [1.82, 2.24) is 0 Å². The van der Waals surface area contributed by atoms with Gasteiger partial charge in [-0.05, 0) is 47.9 Å². The summed E-state index contributed by atoms with van der Waals surface area (Å²) in [6.45, 7) is 1.44. The SMILES string of the molecule is Cc1cc(-c2cccc(C(=O)O)c2)ccc1O[C@H]1O[C@H](CO)CC(N=O)C1N=O. The number of aliphatic hydroxyl groups excluding tert-OH is 1. The average Bonchev–Trinajstić information content (AvgIpc) is 2.74. The van der Waals surface area contributed by atoms with E-state index in [1.807, 2.05) is 0 Å². The van der Waals surface area contributed by atoms with Crippen molar-refractivity contribution in [3.63, 3.8) is 0 Å². The van der Waals surface area contributed by atoms with Crippen LogP contribution in [0.5, 0.6) is 5.75 Å². The van der Waals surface area contributed by atoms with Gasteiger partial charge >= 0.3 is 5.97 Å². The Labute approximate surface area is 166 Å². The maximum atomic E-state index is 11.2. The predicted octanol–water partition coefficient (Wildman–Crippen LogP) is 3.12. The van der Waals surface area contributed by atoms with Crippen LogP contribution in [0.2, 0.25) is 0 Å². The van der Waals surface area contributed by atoms with Gasteiger partial charge in [0.15, 0.2) is 6.04 Å². The molecule has 0 saturated carbocycles. The van der Waals surface area contributed by atoms with Gasteiger partial charge in [-0.3, -0.25) is 0 Å². The quantitative estimate of drug-likeness (QED) is 0.682. The van der Waals surface area contributed by atoms with Crippen molar-refractivity contribution in [3.8, 4) is 16.9 Å². The Balaban J connectivity index is 1.84. The van der Waals surface area contributed by atoms with Crippen LogP contribution in [-0.2, 0) is 4.74 Å². The van der Waals surface area contributed by atoms with Gasteiger partial charge in [0.1, 0.15) is 11.8 Å². The number of hydrogen-bond donors (Lipinski definition) is 2. The van der Waals surface area contributed by atoms with Crippen LogP contribution in [0.3, 0.4) is 0 Å². The molecule has 0 aromatic heterocycles. The van der Waals surface area contributed by atoms with E-state index in [9.17, 15) is 19.7 Å². The second-order valence-corrected chi connectivity index (χ2v) is 6.80. The summed E-state index contributed by atoms with van der Waals surface area (Å²) in [6, 6.07) is 9.69. The van der Waals surface area contributed by atoms with Crippen LogP contribution in [-0.4, -0.2) is 47.3 Å². The molecular formula is C20H20N2O7. The molecule has 1 heterocycles. The minimum absolute atomic E-state index is 0.0914. The Kier molecular flexibility index (Phi) is 6.30. The molecule has 1 aliphatic rings. The molecule has 2 unspecified atom stereocenters. The Hall–Kier alpha value is -3.17. The molecule has 4 atom stereocenters. The van der Waals surface area contributed by atoms with Crippen molar-refractivity contribution in [2.24, 2.45) is 10.4 Å². The second-order valence-electron chi connectivity index (χ2n) is 6.80. The summed E-state index contributed by atoms with van der Waals surface area (Å²) in [4.78, 5) is 33.4. The van der Waals surface area contributed by atoms with E-state index >= 15 is 0 Å². The minimum Gasteiger partial charge on any atom is -0.478 e. The number of carboxylic acids is 1. The molecule has 2 N–H and O–H groups in total. The molecule has 0 bridgehead atoms. The number of rotatable bonds is 7. The van der Waals surface area contributed by atoms with Gasteiger partial charge in [0.05, 0.1) is 18.3 Å². The lowest BCUT2D eigenvalue weighted by molar-refractivity contribution is -0.171. The fourth-order valence-corrected chi connectivity index (χ4v) is 3.27. The van der Waals surface area contributed by atoms with Crippen LogP contribution < -0.4 is 4.74 Å². The van der Waals surface area contributed by atoms with Crippen LogP contribution in [0, 0.1) is 16.7 Å². The molecule has 0 aliphatic carbocycles. The van der Waals surface area contributed by atoms with Crippen molar-refractivity contribution in [2.75, 3.05) is 6.61 Å². The maximum absolute atomic E-state index is 11.2. The van der Waals surface area contributed by atoms with Gasteiger partial charge in [-0.25, -0.2) is 4.79 Å². The lowest BCUT2D eigenvalue weighted by atomic mass is 9.98. The number of aliphatic hydroxyl groups is 1. The molecule has 1 aliphatic heterocycles. The summed E-state index contributed by atoms with van der Waals surface area (Å²) in [5.41, 5.74) is 2.40. The van der Waals surface area contributed by atoms with Gasteiger partial charge in [0.25, 0.3) is 0 Å². The largest absolute Gasteiger partial charge is 0.478 e. The highest BCUT2D eigenvalue weighted by Crippen LogP contribution is 2.31. The first-order chi connectivity index (χ1) is 14.0. The fraction of sp³-hybridized carbons (Fsp3) is 0.350. The second kappa shape index (κ2) is 8.89. The van der Waals surface area contributed by atoms with Gasteiger partial charge in [-0.15, -0.1) is 0 Å². The molecule has 29 heavy (non-hydrogen) atoms. The lowest BCUT2D eigenvalue weighted by Crippen LogP contribution is -2.50. The number of hydrogen-bond acceptors (Lipinski definition) is 8. The van der Waals surface area contributed by atoms with E-state index in [1.165, 1.54) is 6.07 Å². The molecule has 0 radical (unpaired) electrons. The number of ether oxygens (including phenoxy) is 2. The third-order valence-corrected chi connectivity index (χ3v) is 4.83. The molecule has 2 aromatic carbocycles. The Bertz CT molecular complexity index is 917. The average molecular weight is 400 g/mol. The van der Waals surface area contributed by atoms with Gasteiger partial charge in [0.2, 0.25) is 6.29 Å². The maximum Gasteiger partial charge on any atom is 0.335 e. The molecule has 9 heteroatoms. The standard InChI is InChI=1S/C20H20N2O7/c1-11-7-13(12-3-2-4-14(8-12)19(24)25)5-6-17(11)29-20-18(22-27)16(21-26)9-15(10-23)28-20/h2-8,15-16,18,20,23H,9-10H2,1H3,(H,24,25)/t15-,16?,18?,20+/m0/s1. The Morgan fingerprint density at radius 1 is 1.17 bits per heavy atom. The smallest absolute Gasteiger partial charge is 0.335 e. The van der Waals surface area contributed by atoms with Crippen molar-refractivity contribution < 1.29 is 24.5 Å². The van der Waals surface area contributed by atoms with E-state index in [-0.39, 0.29) is 18.6 Å². The third kappa shape index (κ3) is 4.47. The van der Waals surface area contributed by atoms with E-state index in [4.69, 9.17) is 14.6 Å². The summed E-state index contributed by atoms with van der Waals surface area (Å²) in [6.07, 6.45) is -1.74. The number of aromatic carboxylic acids is 1. The van der Waals surface area contributed by atoms with E-state index in [0.717, 1.165) is 11.1 Å². The predicted molar refractivity (Wildman–Crippen MR) is 104 cm³/mol. The highest BCUT2D eigenvalue weighted by Gasteiger charge is 2.42. The highest BCUT2D eigenvalue weighted by molar-refractivity contribution is 5.89. The van der Waals surface area contributed by atoms with Crippen molar-refractivity contribution >= 4 is 5.97 Å². The Morgan fingerprint density at radius 3 is 2.55 bits per heavy atom. The highest BCUT2D eigenvalue weighted by atomic mass is 16.7. The van der Waals surface area contributed by atoms with Gasteiger partial charge in [0, 0.05) is 6.42 Å². The number of carboxylic acid groups (broad SMARTS) is 1. The molecule has 2 aromatic rings. The summed E-state index contributed by atoms with van der Waals surface area (Å²) < 4.78 is 11.3. The monoisotopic (exact) mass is 400 g/mol.